The lowest BCUT2D eigenvalue weighted by atomic mass is 9.94. The van der Waals surface area contributed by atoms with Gasteiger partial charge in [-0.05, 0) is 47.2 Å². The van der Waals surface area contributed by atoms with E-state index in [0.717, 1.165) is 5.56 Å². The molecular formula is C19H16N6O3. The number of rotatable bonds is 3. The average Bonchev–Trinajstić information content (AvgIpc) is 3.35. The number of nitrogens with zero attached hydrogens (tertiary/aromatic N) is 4. The number of amides is 1. The maximum absolute atomic E-state index is 13.2. The molecule has 0 aliphatic carbocycles. The number of allylic oxidation sites excluding steroid dienone is 1. The van der Waals surface area contributed by atoms with E-state index in [1.54, 1.807) is 4.68 Å². The van der Waals surface area contributed by atoms with E-state index in [4.69, 9.17) is 9.47 Å². The number of carbonyl (C=O) groups excluding carboxylic acids is 1. The molecule has 1 unspecified atom stereocenters. The molecule has 9 nitrogen and oxygen atoms in total. The van der Waals surface area contributed by atoms with Crippen LogP contribution in [0.5, 0.6) is 11.5 Å². The second kappa shape index (κ2) is 6.38. The maximum Gasteiger partial charge on any atom is 0.255 e. The SMILES string of the molecule is CC1=C(C(=O)Nc2ccccc2)C(c2ccc3c(c2)OCO3)n2nnnc2N1. The fourth-order valence-electron chi connectivity index (χ4n) is 3.42. The third kappa shape index (κ3) is 2.64. The van der Waals surface area contributed by atoms with Gasteiger partial charge in [0.2, 0.25) is 12.7 Å². The Hall–Kier alpha value is -3.88. The molecule has 2 aliphatic heterocycles. The van der Waals surface area contributed by atoms with Crippen LogP contribution >= 0.6 is 0 Å². The van der Waals surface area contributed by atoms with Crippen molar-refractivity contribution in [2.24, 2.45) is 0 Å². The molecule has 2 aliphatic rings. The molecule has 1 amide bonds. The minimum absolute atomic E-state index is 0.178. The van der Waals surface area contributed by atoms with E-state index in [2.05, 4.69) is 26.2 Å². The molecule has 0 radical (unpaired) electrons. The zero-order valence-electron chi connectivity index (χ0n) is 14.9. The number of aromatic nitrogens is 4. The first-order chi connectivity index (χ1) is 13.7. The molecule has 3 aromatic rings. The van der Waals surface area contributed by atoms with Gasteiger partial charge in [-0.15, -0.1) is 0 Å². The summed E-state index contributed by atoms with van der Waals surface area (Å²) in [6.07, 6.45) is 0. The number of tetrazole rings is 1. The minimum atomic E-state index is -0.510. The number of ether oxygens (including phenoxy) is 2. The predicted molar refractivity (Wildman–Crippen MR) is 99.9 cm³/mol. The summed E-state index contributed by atoms with van der Waals surface area (Å²) < 4.78 is 12.5. The van der Waals surface area contributed by atoms with Crippen molar-refractivity contribution in [2.45, 2.75) is 13.0 Å². The Morgan fingerprint density at radius 3 is 2.86 bits per heavy atom. The summed E-state index contributed by atoms with van der Waals surface area (Å²) in [5.74, 6) is 1.54. The largest absolute Gasteiger partial charge is 0.454 e. The molecule has 3 heterocycles. The van der Waals surface area contributed by atoms with Crippen LogP contribution in [0.25, 0.3) is 0 Å². The van der Waals surface area contributed by atoms with Crippen LogP contribution in [0.15, 0.2) is 59.8 Å². The smallest absolute Gasteiger partial charge is 0.255 e. The van der Waals surface area contributed by atoms with E-state index in [-0.39, 0.29) is 12.7 Å². The number of para-hydroxylation sites is 1. The van der Waals surface area contributed by atoms with E-state index in [1.807, 2.05) is 55.5 Å². The predicted octanol–water partition coefficient (Wildman–Crippen LogP) is 2.33. The second-order valence-corrected chi connectivity index (χ2v) is 6.45. The van der Waals surface area contributed by atoms with Crippen LogP contribution in [-0.4, -0.2) is 32.9 Å². The molecular weight excluding hydrogens is 360 g/mol. The van der Waals surface area contributed by atoms with Crippen LogP contribution < -0.4 is 20.1 Å². The normalized spacial score (nSPS) is 17.1. The standard InChI is InChI=1S/C19H16N6O3/c1-11-16(18(26)21-13-5-3-2-4-6-13)17(25-19(20-11)22-23-24-25)12-7-8-14-15(9-12)28-10-27-14/h2-9,17H,10H2,1H3,(H,21,26)(H,20,22,24). The Balaban J connectivity index is 1.58. The van der Waals surface area contributed by atoms with Gasteiger partial charge in [-0.1, -0.05) is 29.4 Å². The molecule has 5 rings (SSSR count). The van der Waals surface area contributed by atoms with E-state index in [9.17, 15) is 4.79 Å². The molecule has 0 saturated heterocycles. The molecule has 1 aromatic heterocycles. The molecule has 0 spiro atoms. The van der Waals surface area contributed by atoms with Gasteiger partial charge in [0.25, 0.3) is 5.91 Å². The van der Waals surface area contributed by atoms with Gasteiger partial charge < -0.3 is 20.1 Å². The lowest BCUT2D eigenvalue weighted by Crippen LogP contribution is -2.31. The Labute approximate surface area is 160 Å². The summed E-state index contributed by atoms with van der Waals surface area (Å²) >= 11 is 0. The van der Waals surface area contributed by atoms with Crippen LogP contribution in [0.4, 0.5) is 11.6 Å². The Bertz CT molecular complexity index is 1090. The highest BCUT2D eigenvalue weighted by Crippen LogP contribution is 2.40. The fraction of sp³-hybridized carbons (Fsp3) is 0.158. The van der Waals surface area contributed by atoms with Crippen LogP contribution in [0, 0.1) is 0 Å². The van der Waals surface area contributed by atoms with E-state index in [1.165, 1.54) is 0 Å². The zero-order chi connectivity index (χ0) is 19.1. The Kier molecular flexibility index (Phi) is 3.71. The van der Waals surface area contributed by atoms with Crippen LogP contribution in [0.2, 0.25) is 0 Å². The summed E-state index contributed by atoms with van der Waals surface area (Å²) in [7, 11) is 0. The van der Waals surface area contributed by atoms with Crippen LogP contribution in [0.1, 0.15) is 18.5 Å². The highest BCUT2D eigenvalue weighted by atomic mass is 16.7. The van der Waals surface area contributed by atoms with Gasteiger partial charge in [0.15, 0.2) is 11.5 Å². The number of carbonyl (C=O) groups is 1. The molecule has 1 atom stereocenters. The summed E-state index contributed by atoms with van der Waals surface area (Å²) in [5, 5.41) is 17.9. The lowest BCUT2D eigenvalue weighted by molar-refractivity contribution is -0.113. The van der Waals surface area contributed by atoms with Crippen molar-refractivity contribution >= 4 is 17.5 Å². The quantitative estimate of drug-likeness (QED) is 0.723. The van der Waals surface area contributed by atoms with Crippen molar-refractivity contribution in [1.29, 1.82) is 0 Å². The number of hydrogen-bond acceptors (Lipinski definition) is 7. The number of anilines is 2. The van der Waals surface area contributed by atoms with Crippen molar-refractivity contribution in [2.75, 3.05) is 17.4 Å². The average molecular weight is 376 g/mol. The van der Waals surface area contributed by atoms with Crippen molar-refractivity contribution in [3.05, 3.63) is 65.4 Å². The van der Waals surface area contributed by atoms with E-state index >= 15 is 0 Å². The fourth-order valence-corrected chi connectivity index (χ4v) is 3.42. The molecule has 2 aromatic carbocycles. The Morgan fingerprint density at radius 1 is 1.18 bits per heavy atom. The monoisotopic (exact) mass is 376 g/mol. The lowest BCUT2D eigenvalue weighted by Gasteiger charge is -2.28. The minimum Gasteiger partial charge on any atom is -0.454 e. The van der Waals surface area contributed by atoms with Gasteiger partial charge in [0.05, 0.1) is 5.57 Å². The molecule has 0 bridgehead atoms. The topological polar surface area (TPSA) is 103 Å². The summed E-state index contributed by atoms with van der Waals surface area (Å²) in [5.41, 5.74) is 2.72. The van der Waals surface area contributed by atoms with E-state index in [0.29, 0.717) is 34.4 Å². The summed E-state index contributed by atoms with van der Waals surface area (Å²) in [6.45, 7) is 2.01. The van der Waals surface area contributed by atoms with Gasteiger partial charge in [-0.2, -0.15) is 4.68 Å². The Morgan fingerprint density at radius 2 is 2.00 bits per heavy atom. The molecule has 0 saturated carbocycles. The molecule has 2 N–H and O–H groups in total. The zero-order valence-corrected chi connectivity index (χ0v) is 14.9. The first kappa shape index (κ1) is 16.3. The summed E-state index contributed by atoms with van der Waals surface area (Å²) in [4.78, 5) is 13.2. The van der Waals surface area contributed by atoms with Gasteiger partial charge in [0, 0.05) is 11.4 Å². The van der Waals surface area contributed by atoms with Gasteiger partial charge in [-0.25, -0.2) is 0 Å². The van der Waals surface area contributed by atoms with Gasteiger partial charge in [0.1, 0.15) is 6.04 Å². The van der Waals surface area contributed by atoms with Crippen molar-refractivity contribution in [3.8, 4) is 11.5 Å². The maximum atomic E-state index is 13.2. The number of nitrogens with one attached hydrogen (secondary N) is 2. The third-order valence-corrected chi connectivity index (χ3v) is 4.70. The van der Waals surface area contributed by atoms with E-state index < -0.39 is 6.04 Å². The molecule has 0 fully saturated rings. The summed E-state index contributed by atoms with van der Waals surface area (Å²) in [6, 6.07) is 14.4. The van der Waals surface area contributed by atoms with Crippen molar-refractivity contribution in [3.63, 3.8) is 0 Å². The van der Waals surface area contributed by atoms with Gasteiger partial charge in [-0.3, -0.25) is 4.79 Å². The van der Waals surface area contributed by atoms with Crippen LogP contribution in [0.3, 0.4) is 0 Å². The molecule has 9 heteroatoms. The highest BCUT2D eigenvalue weighted by molar-refractivity contribution is 6.06. The van der Waals surface area contributed by atoms with Crippen molar-refractivity contribution < 1.29 is 14.3 Å². The number of benzene rings is 2. The number of hydrogen-bond donors (Lipinski definition) is 2. The first-order valence-electron chi connectivity index (χ1n) is 8.72. The first-order valence-corrected chi connectivity index (χ1v) is 8.72. The number of fused-ring (bicyclic) bond motifs is 2. The molecule has 28 heavy (non-hydrogen) atoms. The van der Waals surface area contributed by atoms with Crippen molar-refractivity contribution in [1.82, 2.24) is 20.2 Å². The highest BCUT2D eigenvalue weighted by Gasteiger charge is 2.34. The van der Waals surface area contributed by atoms with Crippen LogP contribution in [-0.2, 0) is 4.79 Å². The van der Waals surface area contributed by atoms with Gasteiger partial charge >= 0.3 is 0 Å². The third-order valence-electron chi connectivity index (χ3n) is 4.70. The molecule has 140 valence electrons. The second-order valence-electron chi connectivity index (χ2n) is 6.45.